The summed E-state index contributed by atoms with van der Waals surface area (Å²) >= 11 is 0. The quantitative estimate of drug-likeness (QED) is 0.438. The van der Waals surface area contributed by atoms with Crippen LogP contribution in [-0.4, -0.2) is 18.2 Å². The van der Waals surface area contributed by atoms with Crippen LogP contribution in [0.2, 0.25) is 0 Å². The molecule has 3 N–H and O–H groups in total. The highest BCUT2D eigenvalue weighted by Crippen LogP contribution is 2.38. The van der Waals surface area contributed by atoms with Crippen molar-refractivity contribution >= 4 is 0 Å². The fourth-order valence-corrected chi connectivity index (χ4v) is 2.98. The fourth-order valence-electron chi connectivity index (χ4n) is 2.98. The van der Waals surface area contributed by atoms with Crippen molar-refractivity contribution in [1.82, 2.24) is 5.43 Å². The van der Waals surface area contributed by atoms with Gasteiger partial charge in [-0.1, -0.05) is 19.8 Å². The van der Waals surface area contributed by atoms with E-state index in [0.29, 0.717) is 5.92 Å². The van der Waals surface area contributed by atoms with Crippen molar-refractivity contribution in [3.8, 4) is 11.8 Å². The van der Waals surface area contributed by atoms with Crippen LogP contribution in [0.25, 0.3) is 0 Å². The molecule has 3 atom stereocenters. The van der Waals surface area contributed by atoms with Gasteiger partial charge < -0.3 is 4.74 Å². The molecular formula is C14H26N2O. The number of rotatable bonds is 5. The molecular weight excluding hydrogens is 212 g/mol. The molecule has 0 saturated heterocycles. The average molecular weight is 238 g/mol. The maximum Gasteiger partial charge on any atom is 0.0859 e. The minimum atomic E-state index is -0.120. The summed E-state index contributed by atoms with van der Waals surface area (Å²) in [4.78, 5) is 0. The number of nitrogens with two attached hydrogens (primary N) is 1. The predicted molar refractivity (Wildman–Crippen MR) is 71.2 cm³/mol. The predicted octanol–water partition coefficient (Wildman–Crippen LogP) is 2.22. The van der Waals surface area contributed by atoms with Gasteiger partial charge in [-0.15, -0.1) is 11.8 Å². The number of hydrazine groups is 1. The van der Waals surface area contributed by atoms with Crippen molar-refractivity contribution in [2.75, 3.05) is 6.61 Å². The first kappa shape index (κ1) is 14.5. The van der Waals surface area contributed by atoms with Crippen LogP contribution in [0.1, 0.15) is 52.9 Å². The van der Waals surface area contributed by atoms with Gasteiger partial charge in [-0.05, 0) is 32.6 Å². The Labute approximate surface area is 105 Å². The molecule has 0 spiro atoms. The lowest BCUT2D eigenvalue weighted by molar-refractivity contribution is -0.0993. The molecule has 1 aliphatic rings. The Morgan fingerprint density at radius 3 is 2.88 bits per heavy atom. The Morgan fingerprint density at radius 2 is 2.35 bits per heavy atom. The SMILES string of the molecule is CC#CCC(NN)C1(OCC)CCCC(C)C1. The minimum absolute atomic E-state index is 0.120. The van der Waals surface area contributed by atoms with Crippen molar-refractivity contribution in [2.45, 2.75) is 64.5 Å². The zero-order chi connectivity index (χ0) is 12.7. The van der Waals surface area contributed by atoms with E-state index in [1.54, 1.807) is 0 Å². The first-order valence-corrected chi connectivity index (χ1v) is 6.68. The summed E-state index contributed by atoms with van der Waals surface area (Å²) in [6.45, 7) is 6.96. The summed E-state index contributed by atoms with van der Waals surface area (Å²) in [5.74, 6) is 12.5. The maximum atomic E-state index is 6.08. The van der Waals surface area contributed by atoms with Crippen LogP contribution in [0.15, 0.2) is 0 Å². The van der Waals surface area contributed by atoms with Crippen LogP contribution < -0.4 is 11.3 Å². The van der Waals surface area contributed by atoms with E-state index in [1.807, 2.05) is 6.92 Å². The molecule has 0 bridgehead atoms. The number of nitrogens with one attached hydrogen (secondary N) is 1. The van der Waals surface area contributed by atoms with Crippen LogP contribution in [-0.2, 0) is 4.74 Å². The van der Waals surface area contributed by atoms with Gasteiger partial charge in [0.2, 0.25) is 0 Å². The van der Waals surface area contributed by atoms with Gasteiger partial charge in [0.15, 0.2) is 0 Å². The summed E-state index contributed by atoms with van der Waals surface area (Å²) in [7, 11) is 0. The Kier molecular flexibility index (Phi) is 5.97. The standard InChI is InChI=1S/C14H26N2O/c1-4-6-9-13(16-15)14(17-5-2)10-7-8-12(3)11-14/h12-13,16H,5,7-11,15H2,1-3H3. The van der Waals surface area contributed by atoms with Crippen molar-refractivity contribution in [1.29, 1.82) is 0 Å². The fraction of sp³-hybridized carbons (Fsp3) is 0.857. The second-order valence-corrected chi connectivity index (χ2v) is 5.05. The van der Waals surface area contributed by atoms with Crippen molar-refractivity contribution in [3.05, 3.63) is 0 Å². The van der Waals surface area contributed by atoms with Gasteiger partial charge in [-0.2, -0.15) is 0 Å². The van der Waals surface area contributed by atoms with Gasteiger partial charge in [0.1, 0.15) is 0 Å². The molecule has 0 radical (unpaired) electrons. The minimum Gasteiger partial charge on any atom is -0.374 e. The smallest absolute Gasteiger partial charge is 0.0859 e. The van der Waals surface area contributed by atoms with Crippen LogP contribution in [0.5, 0.6) is 0 Å². The maximum absolute atomic E-state index is 6.08. The normalized spacial score (nSPS) is 30.5. The molecule has 0 heterocycles. The van der Waals surface area contributed by atoms with Gasteiger partial charge >= 0.3 is 0 Å². The summed E-state index contributed by atoms with van der Waals surface area (Å²) in [5, 5.41) is 0. The summed E-state index contributed by atoms with van der Waals surface area (Å²) in [6, 6.07) is 0.137. The molecule has 17 heavy (non-hydrogen) atoms. The average Bonchev–Trinajstić information content (AvgIpc) is 2.30. The van der Waals surface area contributed by atoms with Gasteiger partial charge in [-0.3, -0.25) is 11.3 Å². The van der Waals surface area contributed by atoms with Gasteiger partial charge in [0.25, 0.3) is 0 Å². The highest BCUT2D eigenvalue weighted by Gasteiger charge is 2.41. The van der Waals surface area contributed by atoms with Crippen molar-refractivity contribution in [3.63, 3.8) is 0 Å². The van der Waals surface area contributed by atoms with E-state index in [1.165, 1.54) is 12.8 Å². The largest absolute Gasteiger partial charge is 0.374 e. The van der Waals surface area contributed by atoms with E-state index >= 15 is 0 Å². The van der Waals surface area contributed by atoms with Crippen LogP contribution in [0.4, 0.5) is 0 Å². The Morgan fingerprint density at radius 1 is 1.59 bits per heavy atom. The summed E-state index contributed by atoms with van der Waals surface area (Å²) < 4.78 is 6.08. The Balaban J connectivity index is 2.81. The Bertz CT molecular complexity index is 278. The summed E-state index contributed by atoms with van der Waals surface area (Å²) in [5.41, 5.74) is 2.81. The van der Waals surface area contributed by atoms with Crippen LogP contribution >= 0.6 is 0 Å². The lowest BCUT2D eigenvalue weighted by atomic mass is 9.74. The van der Waals surface area contributed by atoms with Gasteiger partial charge in [-0.25, -0.2) is 0 Å². The molecule has 1 aliphatic carbocycles. The number of hydrogen-bond acceptors (Lipinski definition) is 3. The molecule has 98 valence electrons. The van der Waals surface area contributed by atoms with E-state index in [4.69, 9.17) is 10.6 Å². The molecule has 3 heteroatoms. The molecule has 0 aliphatic heterocycles. The monoisotopic (exact) mass is 238 g/mol. The molecule has 0 amide bonds. The zero-order valence-electron chi connectivity index (χ0n) is 11.4. The third-order valence-electron chi connectivity index (χ3n) is 3.74. The number of hydrogen-bond donors (Lipinski definition) is 2. The van der Waals surface area contributed by atoms with Crippen molar-refractivity contribution < 1.29 is 4.74 Å². The number of ether oxygens (including phenoxy) is 1. The Hall–Kier alpha value is -0.560. The first-order chi connectivity index (χ1) is 8.18. The van der Waals surface area contributed by atoms with Crippen molar-refractivity contribution in [2.24, 2.45) is 11.8 Å². The molecule has 1 saturated carbocycles. The van der Waals surface area contributed by atoms with Crippen LogP contribution in [0.3, 0.4) is 0 Å². The van der Waals surface area contributed by atoms with E-state index in [0.717, 1.165) is 25.9 Å². The molecule has 1 rings (SSSR count). The zero-order valence-corrected chi connectivity index (χ0v) is 11.4. The molecule has 0 aromatic carbocycles. The second-order valence-electron chi connectivity index (χ2n) is 5.05. The topological polar surface area (TPSA) is 47.3 Å². The molecule has 1 fully saturated rings. The molecule has 3 unspecified atom stereocenters. The van der Waals surface area contributed by atoms with Gasteiger partial charge in [0, 0.05) is 13.0 Å². The highest BCUT2D eigenvalue weighted by molar-refractivity contribution is 5.05. The summed E-state index contributed by atoms with van der Waals surface area (Å²) in [6.07, 6.45) is 5.46. The third-order valence-corrected chi connectivity index (χ3v) is 3.74. The molecule has 3 nitrogen and oxygen atoms in total. The van der Waals surface area contributed by atoms with Gasteiger partial charge in [0.05, 0.1) is 11.6 Å². The highest BCUT2D eigenvalue weighted by atomic mass is 16.5. The van der Waals surface area contributed by atoms with E-state index in [2.05, 4.69) is 31.1 Å². The van der Waals surface area contributed by atoms with E-state index in [-0.39, 0.29) is 11.6 Å². The molecule has 0 aromatic rings. The lowest BCUT2D eigenvalue weighted by Gasteiger charge is -2.44. The lowest BCUT2D eigenvalue weighted by Crippen LogP contribution is -2.56. The first-order valence-electron chi connectivity index (χ1n) is 6.68. The van der Waals surface area contributed by atoms with E-state index in [9.17, 15) is 0 Å². The molecule has 0 aromatic heterocycles. The second kappa shape index (κ2) is 7.00. The van der Waals surface area contributed by atoms with E-state index < -0.39 is 0 Å². The van der Waals surface area contributed by atoms with Crippen LogP contribution in [0, 0.1) is 17.8 Å². The third kappa shape index (κ3) is 3.70.